The van der Waals surface area contributed by atoms with Crippen molar-refractivity contribution < 1.29 is 14.3 Å². The van der Waals surface area contributed by atoms with Gasteiger partial charge in [-0.1, -0.05) is 30.3 Å². The third-order valence-electron chi connectivity index (χ3n) is 5.68. The number of rotatable bonds is 9. The predicted octanol–water partition coefficient (Wildman–Crippen LogP) is 5.57. The molecule has 2 amide bonds. The van der Waals surface area contributed by atoms with Crippen LogP contribution in [0, 0.1) is 0 Å². The number of nitrogens with two attached hydrogens (primary N) is 1. The number of benzene rings is 3. The zero-order valence-electron chi connectivity index (χ0n) is 20.0. The van der Waals surface area contributed by atoms with Crippen molar-refractivity contribution in [3.05, 3.63) is 115 Å². The summed E-state index contributed by atoms with van der Waals surface area (Å²) in [6.45, 7) is 2.44. The number of ether oxygens (including phenoxy) is 1. The van der Waals surface area contributed by atoms with E-state index in [2.05, 4.69) is 10.3 Å². The number of nitrogens with one attached hydrogen (secondary N) is 1. The molecule has 0 radical (unpaired) electrons. The van der Waals surface area contributed by atoms with Crippen LogP contribution in [0.5, 0.6) is 11.5 Å². The monoisotopic (exact) mass is 480 g/mol. The molecule has 3 aromatic carbocycles. The van der Waals surface area contributed by atoms with E-state index in [1.165, 1.54) is 0 Å². The van der Waals surface area contributed by atoms with Crippen LogP contribution < -0.4 is 20.7 Å². The van der Waals surface area contributed by atoms with E-state index >= 15 is 0 Å². The summed E-state index contributed by atoms with van der Waals surface area (Å²) in [5.41, 5.74) is 9.08. The molecule has 36 heavy (non-hydrogen) atoms. The van der Waals surface area contributed by atoms with E-state index in [1.807, 2.05) is 61.5 Å². The lowest BCUT2D eigenvalue weighted by Crippen LogP contribution is -2.33. The molecule has 0 aliphatic carbocycles. The third-order valence-corrected chi connectivity index (χ3v) is 5.68. The smallest absolute Gasteiger partial charge is 0.255 e. The minimum atomic E-state index is -0.496. The number of hydrogen-bond acceptors (Lipinski definition) is 5. The molecule has 3 N–H and O–H groups in total. The maximum Gasteiger partial charge on any atom is 0.255 e. The van der Waals surface area contributed by atoms with Crippen molar-refractivity contribution in [2.45, 2.75) is 19.4 Å². The molecule has 7 nitrogen and oxygen atoms in total. The first-order valence-corrected chi connectivity index (χ1v) is 11.7. The number of aromatic nitrogens is 1. The van der Waals surface area contributed by atoms with Crippen molar-refractivity contribution >= 4 is 23.2 Å². The highest BCUT2D eigenvalue weighted by Crippen LogP contribution is 2.26. The van der Waals surface area contributed by atoms with Crippen LogP contribution in [0.15, 0.2) is 103 Å². The molecule has 0 aliphatic rings. The lowest BCUT2D eigenvalue weighted by molar-refractivity contribution is -0.118. The fraction of sp³-hybridized carbons (Fsp3) is 0.138. The summed E-state index contributed by atoms with van der Waals surface area (Å²) in [4.78, 5) is 31.1. The van der Waals surface area contributed by atoms with E-state index in [4.69, 9.17) is 10.5 Å². The Morgan fingerprint density at radius 1 is 0.889 bits per heavy atom. The summed E-state index contributed by atoms with van der Waals surface area (Å²) in [6, 6.07) is 26.9. The van der Waals surface area contributed by atoms with E-state index in [-0.39, 0.29) is 18.2 Å². The van der Waals surface area contributed by atoms with Crippen molar-refractivity contribution in [3.63, 3.8) is 0 Å². The van der Waals surface area contributed by atoms with Gasteiger partial charge in [-0.25, -0.2) is 0 Å². The first kappa shape index (κ1) is 24.6. The van der Waals surface area contributed by atoms with Crippen LogP contribution in [0.25, 0.3) is 0 Å². The van der Waals surface area contributed by atoms with Crippen LogP contribution in [0.3, 0.4) is 0 Å². The average molecular weight is 481 g/mol. The van der Waals surface area contributed by atoms with Crippen molar-refractivity contribution in [2.75, 3.05) is 16.8 Å². The van der Waals surface area contributed by atoms with Crippen LogP contribution in [-0.2, 0) is 4.79 Å². The van der Waals surface area contributed by atoms with Gasteiger partial charge in [0.05, 0.1) is 0 Å². The van der Waals surface area contributed by atoms with Crippen LogP contribution in [0.4, 0.5) is 11.4 Å². The molecule has 1 heterocycles. The molecule has 0 spiro atoms. The van der Waals surface area contributed by atoms with Crippen molar-refractivity contribution in [1.82, 2.24) is 4.98 Å². The molecule has 182 valence electrons. The van der Waals surface area contributed by atoms with Crippen molar-refractivity contribution in [2.24, 2.45) is 5.73 Å². The largest absolute Gasteiger partial charge is 0.457 e. The summed E-state index contributed by atoms with van der Waals surface area (Å²) in [6.07, 6.45) is 3.36. The summed E-state index contributed by atoms with van der Waals surface area (Å²) in [5.74, 6) is 1.13. The molecule has 1 atom stereocenters. The third kappa shape index (κ3) is 6.34. The van der Waals surface area contributed by atoms with Crippen molar-refractivity contribution in [3.8, 4) is 11.5 Å². The van der Waals surface area contributed by atoms with Gasteiger partial charge in [0.2, 0.25) is 5.91 Å². The molecule has 1 unspecified atom stereocenters. The Balaban J connectivity index is 1.36. The Labute approximate surface area is 210 Å². The Hall–Kier alpha value is -4.49. The van der Waals surface area contributed by atoms with Gasteiger partial charge in [-0.05, 0) is 73.2 Å². The van der Waals surface area contributed by atoms with Gasteiger partial charge >= 0.3 is 0 Å². The molecular formula is C29H28N4O3. The summed E-state index contributed by atoms with van der Waals surface area (Å²) in [7, 11) is 0. The second-order valence-electron chi connectivity index (χ2n) is 8.17. The molecule has 0 saturated carbocycles. The van der Waals surface area contributed by atoms with Gasteiger partial charge in [-0.3, -0.25) is 14.6 Å². The lowest BCUT2D eigenvalue weighted by Gasteiger charge is -2.23. The standard InChI is InChI=1S/C29H28N4O3/c1-2-33(24-12-14-26(15-13-24)36-25-6-4-3-5-7-25)28(34)20-27(30)21-8-10-22(11-9-21)29(35)32-23-16-18-31-19-17-23/h3-19,27H,2,20,30H2,1H3,(H,31,32,35). The maximum atomic E-state index is 13.1. The molecule has 7 heteroatoms. The molecule has 4 rings (SSSR count). The van der Waals surface area contributed by atoms with Crippen LogP contribution in [0.1, 0.15) is 35.3 Å². The zero-order chi connectivity index (χ0) is 25.3. The van der Waals surface area contributed by atoms with Gasteiger partial charge in [-0.2, -0.15) is 0 Å². The summed E-state index contributed by atoms with van der Waals surface area (Å²) < 4.78 is 5.83. The number of carbonyl (C=O) groups is 2. The second kappa shape index (κ2) is 11.8. The fourth-order valence-corrected chi connectivity index (χ4v) is 3.76. The van der Waals surface area contributed by atoms with E-state index in [0.717, 1.165) is 17.0 Å². The minimum Gasteiger partial charge on any atom is -0.457 e. The minimum absolute atomic E-state index is 0.0822. The summed E-state index contributed by atoms with van der Waals surface area (Å²) >= 11 is 0. The molecular weight excluding hydrogens is 452 g/mol. The van der Waals surface area contributed by atoms with Gasteiger partial charge < -0.3 is 20.7 Å². The Morgan fingerprint density at radius 2 is 1.53 bits per heavy atom. The quantitative estimate of drug-likeness (QED) is 0.326. The Morgan fingerprint density at radius 3 is 2.17 bits per heavy atom. The summed E-state index contributed by atoms with van der Waals surface area (Å²) in [5, 5.41) is 2.82. The van der Waals surface area contributed by atoms with Crippen LogP contribution in [-0.4, -0.2) is 23.3 Å². The van der Waals surface area contributed by atoms with E-state index in [1.54, 1.807) is 53.7 Å². The highest BCUT2D eigenvalue weighted by atomic mass is 16.5. The van der Waals surface area contributed by atoms with E-state index < -0.39 is 6.04 Å². The van der Waals surface area contributed by atoms with Gasteiger partial charge in [0.25, 0.3) is 5.91 Å². The number of anilines is 2. The second-order valence-corrected chi connectivity index (χ2v) is 8.17. The van der Waals surface area contributed by atoms with Crippen LogP contribution in [0.2, 0.25) is 0 Å². The maximum absolute atomic E-state index is 13.1. The SMILES string of the molecule is CCN(C(=O)CC(N)c1ccc(C(=O)Nc2ccncc2)cc1)c1ccc(Oc2ccccc2)cc1. The molecule has 0 fully saturated rings. The first-order chi connectivity index (χ1) is 17.5. The molecule has 1 aromatic heterocycles. The fourth-order valence-electron chi connectivity index (χ4n) is 3.76. The molecule has 0 bridgehead atoms. The normalized spacial score (nSPS) is 11.4. The van der Waals surface area contributed by atoms with Gasteiger partial charge in [0.1, 0.15) is 11.5 Å². The number of carbonyl (C=O) groups excluding carboxylic acids is 2. The van der Waals surface area contributed by atoms with Gasteiger partial charge in [0, 0.05) is 48.3 Å². The molecule has 0 aliphatic heterocycles. The number of amides is 2. The Bertz CT molecular complexity index is 1280. The van der Waals surface area contributed by atoms with Crippen LogP contribution >= 0.6 is 0 Å². The number of hydrogen-bond donors (Lipinski definition) is 2. The topological polar surface area (TPSA) is 97.5 Å². The number of pyridine rings is 1. The number of nitrogens with zero attached hydrogens (tertiary/aromatic N) is 2. The van der Waals surface area contributed by atoms with E-state index in [9.17, 15) is 9.59 Å². The molecule has 4 aromatic rings. The van der Waals surface area contributed by atoms with E-state index in [0.29, 0.717) is 23.5 Å². The number of para-hydroxylation sites is 1. The lowest BCUT2D eigenvalue weighted by atomic mass is 10.0. The highest BCUT2D eigenvalue weighted by Gasteiger charge is 2.19. The average Bonchev–Trinajstić information content (AvgIpc) is 2.91. The zero-order valence-corrected chi connectivity index (χ0v) is 20.0. The predicted molar refractivity (Wildman–Crippen MR) is 141 cm³/mol. The Kier molecular flexibility index (Phi) is 8.05. The van der Waals surface area contributed by atoms with Gasteiger partial charge in [-0.15, -0.1) is 0 Å². The molecule has 0 saturated heterocycles. The first-order valence-electron chi connectivity index (χ1n) is 11.7. The highest BCUT2D eigenvalue weighted by molar-refractivity contribution is 6.04. The van der Waals surface area contributed by atoms with Crippen molar-refractivity contribution in [1.29, 1.82) is 0 Å². The van der Waals surface area contributed by atoms with Gasteiger partial charge in [0.15, 0.2) is 0 Å².